The van der Waals surface area contributed by atoms with E-state index in [1.54, 1.807) is 6.92 Å². The summed E-state index contributed by atoms with van der Waals surface area (Å²) in [5.74, 6) is 0.584. The molecule has 2 atom stereocenters. The third-order valence-corrected chi connectivity index (χ3v) is 5.26. The number of rotatable bonds is 5. The summed E-state index contributed by atoms with van der Waals surface area (Å²) in [6, 6.07) is 14.1. The molecule has 1 aliphatic carbocycles. The Labute approximate surface area is 157 Å². The van der Waals surface area contributed by atoms with E-state index in [1.807, 2.05) is 31.2 Å². The molecular formula is C21H24BrNO2. The number of ether oxygens (including phenoxy) is 1. The number of amides is 1. The Bertz CT molecular complexity index is 742. The first-order valence-electron chi connectivity index (χ1n) is 8.87. The Balaban J connectivity index is 1.60. The van der Waals surface area contributed by atoms with Crippen LogP contribution in [0.4, 0.5) is 0 Å². The quantitative estimate of drug-likeness (QED) is 0.767. The lowest BCUT2D eigenvalue weighted by Crippen LogP contribution is -2.37. The first-order valence-corrected chi connectivity index (χ1v) is 9.66. The summed E-state index contributed by atoms with van der Waals surface area (Å²) in [4.78, 5) is 12.4. The van der Waals surface area contributed by atoms with Gasteiger partial charge in [0.1, 0.15) is 5.75 Å². The average Bonchev–Trinajstić information content (AvgIpc) is 2.63. The Hall–Kier alpha value is -1.81. The molecule has 0 fully saturated rings. The van der Waals surface area contributed by atoms with Gasteiger partial charge in [0, 0.05) is 4.47 Å². The molecule has 2 aromatic rings. The van der Waals surface area contributed by atoms with Crippen LogP contribution in [0.3, 0.4) is 0 Å². The molecule has 0 aromatic heterocycles. The van der Waals surface area contributed by atoms with Gasteiger partial charge in [-0.25, -0.2) is 0 Å². The lowest BCUT2D eigenvalue weighted by Gasteiger charge is -2.21. The topological polar surface area (TPSA) is 38.3 Å². The highest BCUT2D eigenvalue weighted by Gasteiger charge is 2.19. The maximum Gasteiger partial charge on any atom is 0.261 e. The van der Waals surface area contributed by atoms with Crippen LogP contribution in [0.2, 0.25) is 0 Å². The second-order valence-corrected chi connectivity index (χ2v) is 7.60. The molecule has 3 rings (SSSR count). The van der Waals surface area contributed by atoms with Gasteiger partial charge >= 0.3 is 0 Å². The van der Waals surface area contributed by atoms with Crippen LogP contribution in [0.25, 0.3) is 0 Å². The predicted molar refractivity (Wildman–Crippen MR) is 104 cm³/mol. The second kappa shape index (κ2) is 8.05. The van der Waals surface area contributed by atoms with Crippen molar-refractivity contribution in [2.75, 3.05) is 0 Å². The number of fused-ring (bicyclic) bond motifs is 1. The molecule has 4 heteroatoms. The number of nitrogens with one attached hydrogen (secondary N) is 1. The van der Waals surface area contributed by atoms with Crippen LogP contribution < -0.4 is 10.1 Å². The number of halogens is 1. The number of benzene rings is 2. The van der Waals surface area contributed by atoms with Crippen molar-refractivity contribution in [1.82, 2.24) is 5.32 Å². The number of aryl methyl sites for hydroxylation is 2. The van der Waals surface area contributed by atoms with Gasteiger partial charge in [-0.05, 0) is 80.5 Å². The molecule has 1 aliphatic rings. The van der Waals surface area contributed by atoms with Crippen molar-refractivity contribution in [2.45, 2.75) is 51.7 Å². The lowest BCUT2D eigenvalue weighted by atomic mass is 9.89. The lowest BCUT2D eigenvalue weighted by molar-refractivity contribution is -0.127. The first kappa shape index (κ1) is 18.0. The van der Waals surface area contributed by atoms with Crippen molar-refractivity contribution >= 4 is 21.8 Å². The smallest absolute Gasteiger partial charge is 0.261 e. The van der Waals surface area contributed by atoms with Gasteiger partial charge in [0.05, 0.1) is 6.04 Å². The second-order valence-electron chi connectivity index (χ2n) is 6.68. The van der Waals surface area contributed by atoms with Crippen molar-refractivity contribution in [3.63, 3.8) is 0 Å². The number of hydrogen-bond donors (Lipinski definition) is 1. The fourth-order valence-corrected chi connectivity index (χ4v) is 3.47. The van der Waals surface area contributed by atoms with Gasteiger partial charge in [-0.3, -0.25) is 4.79 Å². The molecule has 0 saturated heterocycles. The van der Waals surface area contributed by atoms with Crippen molar-refractivity contribution < 1.29 is 9.53 Å². The number of carbonyl (C=O) groups is 1. The number of carbonyl (C=O) groups excluding carboxylic acids is 1. The van der Waals surface area contributed by atoms with Gasteiger partial charge in [-0.2, -0.15) is 0 Å². The fourth-order valence-electron chi connectivity index (χ4n) is 3.21. The van der Waals surface area contributed by atoms with Crippen molar-refractivity contribution in [3.05, 3.63) is 63.6 Å². The summed E-state index contributed by atoms with van der Waals surface area (Å²) in [6.45, 7) is 3.80. The zero-order chi connectivity index (χ0) is 17.8. The van der Waals surface area contributed by atoms with Crippen LogP contribution in [0.5, 0.6) is 5.75 Å². The highest BCUT2D eigenvalue weighted by atomic mass is 79.9. The van der Waals surface area contributed by atoms with E-state index in [-0.39, 0.29) is 11.9 Å². The monoisotopic (exact) mass is 401 g/mol. The SMILES string of the molecule is C[C@@H](Oc1ccc(Br)cc1)C(=O)N[C@H](C)c1ccc2c(c1)CCCC2. The Morgan fingerprint density at radius 1 is 1.04 bits per heavy atom. The van der Waals surface area contributed by atoms with Crippen molar-refractivity contribution in [3.8, 4) is 5.75 Å². The van der Waals surface area contributed by atoms with Crippen molar-refractivity contribution in [1.29, 1.82) is 0 Å². The summed E-state index contributed by atoms with van der Waals surface area (Å²) >= 11 is 3.39. The zero-order valence-corrected chi connectivity index (χ0v) is 16.3. The van der Waals surface area contributed by atoms with Gasteiger partial charge in [-0.1, -0.05) is 34.1 Å². The molecule has 0 bridgehead atoms. The van der Waals surface area contributed by atoms with Gasteiger partial charge in [0.25, 0.3) is 5.91 Å². The molecule has 0 unspecified atom stereocenters. The van der Waals surface area contributed by atoms with Gasteiger partial charge in [0.15, 0.2) is 6.10 Å². The summed E-state index contributed by atoms with van der Waals surface area (Å²) in [7, 11) is 0. The molecule has 0 saturated carbocycles. The highest BCUT2D eigenvalue weighted by molar-refractivity contribution is 9.10. The normalized spacial score (nSPS) is 15.8. The summed E-state index contributed by atoms with van der Waals surface area (Å²) < 4.78 is 6.71. The molecule has 1 N–H and O–H groups in total. The molecule has 0 radical (unpaired) electrons. The van der Waals surface area contributed by atoms with Crippen LogP contribution in [0.15, 0.2) is 46.9 Å². The summed E-state index contributed by atoms with van der Waals surface area (Å²) in [5.41, 5.74) is 4.05. The largest absolute Gasteiger partial charge is 0.481 e. The van der Waals surface area contributed by atoms with E-state index in [0.717, 1.165) is 16.5 Å². The van der Waals surface area contributed by atoms with E-state index in [9.17, 15) is 4.79 Å². The van der Waals surface area contributed by atoms with Crippen LogP contribution >= 0.6 is 15.9 Å². The molecular weight excluding hydrogens is 378 g/mol. The summed E-state index contributed by atoms with van der Waals surface area (Å²) in [5, 5.41) is 3.06. The number of hydrogen-bond acceptors (Lipinski definition) is 2. The molecule has 0 heterocycles. The molecule has 132 valence electrons. The standard InChI is InChI=1S/C21H24BrNO2/c1-14(17-8-7-16-5-3-4-6-18(16)13-17)23-21(24)15(2)25-20-11-9-19(22)10-12-20/h7-15H,3-6H2,1-2H3,(H,23,24)/t14-,15-/m1/s1. The van der Waals surface area contributed by atoms with Gasteiger partial charge in [0.2, 0.25) is 0 Å². The van der Waals surface area contributed by atoms with E-state index in [0.29, 0.717) is 5.75 Å². The highest BCUT2D eigenvalue weighted by Crippen LogP contribution is 2.25. The molecule has 0 aliphatic heterocycles. The Morgan fingerprint density at radius 3 is 2.44 bits per heavy atom. The Morgan fingerprint density at radius 2 is 1.72 bits per heavy atom. The maximum absolute atomic E-state index is 12.4. The molecule has 0 spiro atoms. The predicted octanol–water partition coefficient (Wildman–Crippen LogP) is 4.97. The third kappa shape index (κ3) is 4.63. The van der Waals surface area contributed by atoms with E-state index < -0.39 is 6.10 Å². The van der Waals surface area contributed by atoms with E-state index in [2.05, 4.69) is 39.4 Å². The van der Waals surface area contributed by atoms with Crippen molar-refractivity contribution in [2.24, 2.45) is 0 Å². The maximum atomic E-state index is 12.4. The van der Waals surface area contributed by atoms with E-state index in [4.69, 9.17) is 4.74 Å². The Kier molecular flexibility index (Phi) is 5.79. The minimum atomic E-state index is -0.541. The zero-order valence-electron chi connectivity index (χ0n) is 14.7. The molecule has 25 heavy (non-hydrogen) atoms. The molecule has 2 aromatic carbocycles. The molecule has 1 amide bonds. The first-order chi connectivity index (χ1) is 12.0. The van der Waals surface area contributed by atoms with E-state index in [1.165, 1.54) is 30.4 Å². The van der Waals surface area contributed by atoms with Gasteiger partial charge in [-0.15, -0.1) is 0 Å². The van der Waals surface area contributed by atoms with Crippen LogP contribution in [0, 0.1) is 0 Å². The average molecular weight is 402 g/mol. The fraction of sp³-hybridized carbons (Fsp3) is 0.381. The van der Waals surface area contributed by atoms with Gasteiger partial charge < -0.3 is 10.1 Å². The van der Waals surface area contributed by atoms with Crippen LogP contribution in [0.1, 0.15) is 49.4 Å². The third-order valence-electron chi connectivity index (χ3n) is 4.73. The molecule has 3 nitrogen and oxygen atoms in total. The van der Waals surface area contributed by atoms with Crippen LogP contribution in [-0.2, 0) is 17.6 Å². The summed E-state index contributed by atoms with van der Waals surface area (Å²) in [6.07, 6.45) is 4.32. The van der Waals surface area contributed by atoms with Crippen LogP contribution in [-0.4, -0.2) is 12.0 Å². The van der Waals surface area contributed by atoms with E-state index >= 15 is 0 Å². The minimum Gasteiger partial charge on any atom is -0.481 e. The minimum absolute atomic E-state index is 0.0318.